The summed E-state index contributed by atoms with van der Waals surface area (Å²) < 4.78 is 10.5. The van der Waals surface area contributed by atoms with E-state index in [4.69, 9.17) is 9.47 Å². The minimum absolute atomic E-state index is 0.0129. The number of carbonyl (C=O) groups excluding carboxylic acids is 1. The van der Waals surface area contributed by atoms with Gasteiger partial charge in [0.25, 0.3) is 5.91 Å². The molecule has 2 aromatic carbocycles. The lowest BCUT2D eigenvalue weighted by Gasteiger charge is -2.25. The average molecular weight is 461 g/mol. The second-order valence-electron chi connectivity index (χ2n) is 7.57. The molecule has 168 valence electrons. The fraction of sp³-hybridized carbons (Fsp3) is 0.240. The number of aromatic nitrogens is 1. The average Bonchev–Trinajstić information content (AvgIpc) is 3.24. The van der Waals surface area contributed by atoms with E-state index in [1.165, 1.54) is 30.1 Å². The van der Waals surface area contributed by atoms with E-state index in [1.807, 2.05) is 24.3 Å². The van der Waals surface area contributed by atoms with Crippen molar-refractivity contribution in [1.29, 1.82) is 5.26 Å². The van der Waals surface area contributed by atoms with Crippen LogP contribution in [0.4, 0.5) is 5.13 Å². The number of rotatable bonds is 7. The standard InChI is InChI=1S/C25H24N4O3S/c1-31-21-9-8-18(13-22(21)32-2)12-19(14-26)24(30)28-25-27-20-10-11-29(16-23(20)33-25)15-17-6-4-3-5-7-17/h3-9,12-13H,10-11,15-16H2,1-2H3,(H,27,28,30)/b19-12+. The zero-order valence-corrected chi connectivity index (χ0v) is 19.3. The van der Waals surface area contributed by atoms with E-state index in [9.17, 15) is 10.1 Å². The van der Waals surface area contributed by atoms with E-state index in [2.05, 4.69) is 27.3 Å². The van der Waals surface area contributed by atoms with Crippen LogP contribution < -0.4 is 14.8 Å². The number of nitrogens with zero attached hydrogens (tertiary/aromatic N) is 3. The van der Waals surface area contributed by atoms with Gasteiger partial charge in [0.15, 0.2) is 16.6 Å². The van der Waals surface area contributed by atoms with E-state index in [-0.39, 0.29) is 5.57 Å². The summed E-state index contributed by atoms with van der Waals surface area (Å²) in [7, 11) is 3.09. The molecule has 1 amide bonds. The van der Waals surface area contributed by atoms with Gasteiger partial charge in [-0.15, -0.1) is 11.3 Å². The number of carbonyl (C=O) groups is 1. The molecule has 0 unspecified atom stereocenters. The van der Waals surface area contributed by atoms with Crippen LogP contribution in [-0.2, 0) is 24.3 Å². The maximum Gasteiger partial charge on any atom is 0.268 e. The molecule has 0 radical (unpaired) electrons. The number of benzene rings is 2. The topological polar surface area (TPSA) is 87.5 Å². The first-order valence-corrected chi connectivity index (χ1v) is 11.3. The Hall–Kier alpha value is -3.67. The number of hydrogen-bond acceptors (Lipinski definition) is 7. The van der Waals surface area contributed by atoms with Gasteiger partial charge in [-0.2, -0.15) is 5.26 Å². The fourth-order valence-corrected chi connectivity index (χ4v) is 4.75. The predicted molar refractivity (Wildman–Crippen MR) is 128 cm³/mol. The van der Waals surface area contributed by atoms with Crippen molar-refractivity contribution in [1.82, 2.24) is 9.88 Å². The summed E-state index contributed by atoms with van der Waals surface area (Å²) in [6, 6.07) is 17.6. The summed E-state index contributed by atoms with van der Waals surface area (Å²) in [5, 5.41) is 12.8. The highest BCUT2D eigenvalue weighted by atomic mass is 32.1. The third-order valence-electron chi connectivity index (χ3n) is 5.36. The maximum absolute atomic E-state index is 12.7. The van der Waals surface area contributed by atoms with Crippen LogP contribution >= 0.6 is 11.3 Å². The van der Waals surface area contributed by atoms with Gasteiger partial charge in [0.1, 0.15) is 11.6 Å². The van der Waals surface area contributed by atoms with Crippen molar-refractivity contribution in [3.05, 3.63) is 75.8 Å². The molecule has 1 aliphatic heterocycles. The Bertz CT molecular complexity index is 1210. The molecule has 0 aliphatic carbocycles. The third-order valence-corrected chi connectivity index (χ3v) is 6.36. The number of fused-ring (bicyclic) bond motifs is 1. The van der Waals surface area contributed by atoms with Gasteiger partial charge in [0.2, 0.25) is 0 Å². The third kappa shape index (κ3) is 5.40. The van der Waals surface area contributed by atoms with Crippen molar-refractivity contribution in [2.24, 2.45) is 0 Å². The van der Waals surface area contributed by atoms with Crippen molar-refractivity contribution in [2.45, 2.75) is 19.5 Å². The summed E-state index contributed by atoms with van der Waals surface area (Å²) in [6.45, 7) is 2.60. The van der Waals surface area contributed by atoms with Crippen molar-refractivity contribution in [3.8, 4) is 17.6 Å². The van der Waals surface area contributed by atoms with Gasteiger partial charge < -0.3 is 9.47 Å². The van der Waals surface area contributed by atoms with Crippen LogP contribution in [0.15, 0.2) is 54.1 Å². The highest BCUT2D eigenvalue weighted by Crippen LogP contribution is 2.30. The lowest BCUT2D eigenvalue weighted by molar-refractivity contribution is -0.112. The Morgan fingerprint density at radius 1 is 1.21 bits per heavy atom. The van der Waals surface area contributed by atoms with Gasteiger partial charge >= 0.3 is 0 Å². The van der Waals surface area contributed by atoms with Crippen LogP contribution in [0, 0.1) is 11.3 Å². The Morgan fingerprint density at radius 3 is 2.73 bits per heavy atom. The van der Waals surface area contributed by atoms with Gasteiger partial charge in [-0.25, -0.2) is 4.98 Å². The monoisotopic (exact) mass is 460 g/mol. The van der Waals surface area contributed by atoms with Crippen molar-refractivity contribution in [3.63, 3.8) is 0 Å². The first-order chi connectivity index (χ1) is 16.1. The molecule has 1 aromatic heterocycles. The van der Waals surface area contributed by atoms with Crippen LogP contribution in [0.1, 0.15) is 21.7 Å². The predicted octanol–water partition coefficient (Wildman–Crippen LogP) is 4.26. The van der Waals surface area contributed by atoms with Crippen molar-refractivity contribution >= 4 is 28.5 Å². The normalized spacial score (nSPS) is 13.7. The summed E-state index contributed by atoms with van der Waals surface area (Å²) >= 11 is 1.47. The molecule has 0 atom stereocenters. The molecule has 0 saturated heterocycles. The Balaban J connectivity index is 1.44. The van der Waals surface area contributed by atoms with Crippen LogP contribution in [-0.4, -0.2) is 36.6 Å². The highest BCUT2D eigenvalue weighted by Gasteiger charge is 2.22. The number of methoxy groups -OCH3 is 2. The zero-order valence-electron chi connectivity index (χ0n) is 18.5. The first kappa shape index (κ1) is 22.5. The Morgan fingerprint density at radius 2 is 2.00 bits per heavy atom. The van der Waals surface area contributed by atoms with E-state index in [0.717, 1.165) is 36.6 Å². The quantitative estimate of drug-likeness (QED) is 0.419. The zero-order chi connectivity index (χ0) is 23.2. The number of hydrogen-bond donors (Lipinski definition) is 1. The first-order valence-electron chi connectivity index (χ1n) is 10.5. The molecule has 0 bridgehead atoms. The lowest BCUT2D eigenvalue weighted by atomic mass is 10.1. The fourth-order valence-electron chi connectivity index (χ4n) is 3.70. The molecule has 33 heavy (non-hydrogen) atoms. The minimum atomic E-state index is -0.487. The number of thiazole rings is 1. The molecular weight excluding hydrogens is 436 g/mol. The summed E-state index contributed by atoms with van der Waals surface area (Å²) in [6.07, 6.45) is 2.35. The van der Waals surface area contributed by atoms with Gasteiger partial charge in [0, 0.05) is 30.9 Å². The molecule has 3 aromatic rings. The molecule has 7 nitrogen and oxygen atoms in total. The molecule has 0 fully saturated rings. The van der Waals surface area contributed by atoms with Gasteiger partial charge in [0.05, 0.1) is 19.9 Å². The van der Waals surface area contributed by atoms with E-state index < -0.39 is 5.91 Å². The van der Waals surface area contributed by atoms with Gasteiger partial charge in [-0.3, -0.25) is 15.0 Å². The molecule has 0 spiro atoms. The molecule has 1 aliphatic rings. The van der Waals surface area contributed by atoms with E-state index in [0.29, 0.717) is 22.2 Å². The summed E-state index contributed by atoms with van der Waals surface area (Å²) in [5.41, 5.74) is 2.94. The number of nitrogens with one attached hydrogen (secondary N) is 1. The largest absolute Gasteiger partial charge is 0.493 e. The maximum atomic E-state index is 12.7. The van der Waals surface area contributed by atoms with E-state index >= 15 is 0 Å². The highest BCUT2D eigenvalue weighted by molar-refractivity contribution is 7.15. The lowest BCUT2D eigenvalue weighted by Crippen LogP contribution is -2.29. The van der Waals surface area contributed by atoms with Gasteiger partial charge in [-0.05, 0) is 29.3 Å². The molecule has 0 saturated carbocycles. The Labute approximate surface area is 196 Å². The second kappa shape index (κ2) is 10.3. The Kier molecular flexibility index (Phi) is 7.03. The molecule has 1 N–H and O–H groups in total. The molecular formula is C25H24N4O3S. The summed E-state index contributed by atoms with van der Waals surface area (Å²) in [5.74, 6) is 0.614. The van der Waals surface area contributed by atoms with E-state index in [1.54, 1.807) is 25.3 Å². The van der Waals surface area contributed by atoms with Crippen LogP contribution in [0.5, 0.6) is 11.5 Å². The van der Waals surface area contributed by atoms with Crippen molar-refractivity contribution in [2.75, 3.05) is 26.1 Å². The SMILES string of the molecule is COc1ccc(/C=C(\C#N)C(=O)Nc2nc3c(s2)CN(Cc2ccccc2)CC3)cc1OC. The van der Waals surface area contributed by atoms with Gasteiger partial charge in [-0.1, -0.05) is 36.4 Å². The van der Waals surface area contributed by atoms with Crippen molar-refractivity contribution < 1.29 is 14.3 Å². The number of nitriles is 1. The second-order valence-corrected chi connectivity index (χ2v) is 8.66. The number of ether oxygens (including phenoxy) is 2. The smallest absolute Gasteiger partial charge is 0.268 e. The van der Waals surface area contributed by atoms with Crippen LogP contribution in [0.25, 0.3) is 6.08 Å². The van der Waals surface area contributed by atoms with Crippen LogP contribution in [0.2, 0.25) is 0 Å². The molecule has 2 heterocycles. The molecule has 8 heteroatoms. The van der Waals surface area contributed by atoms with Crippen LogP contribution in [0.3, 0.4) is 0 Å². The minimum Gasteiger partial charge on any atom is -0.493 e. The number of anilines is 1. The summed E-state index contributed by atoms with van der Waals surface area (Å²) in [4.78, 5) is 20.9. The molecule has 4 rings (SSSR count). The number of amides is 1.